The minimum atomic E-state index is -0.0918. The van der Waals surface area contributed by atoms with E-state index in [2.05, 4.69) is 5.32 Å². The lowest BCUT2D eigenvalue weighted by Gasteiger charge is -2.40. The van der Waals surface area contributed by atoms with E-state index in [1.807, 2.05) is 4.90 Å². The van der Waals surface area contributed by atoms with Crippen molar-refractivity contribution in [2.24, 2.45) is 11.7 Å². The van der Waals surface area contributed by atoms with Crippen molar-refractivity contribution in [3.63, 3.8) is 0 Å². The number of hydrogen-bond donors (Lipinski definition) is 2. The molecule has 108 valence electrons. The molecular weight excluding hydrogens is 246 g/mol. The number of likely N-dealkylation sites (tertiary alicyclic amines) is 1. The highest BCUT2D eigenvalue weighted by atomic mass is 16.5. The topological polar surface area (TPSA) is 84.7 Å². The molecular formula is C13H23N3O3. The third-order valence-corrected chi connectivity index (χ3v) is 4.17. The van der Waals surface area contributed by atoms with Crippen LogP contribution in [0.1, 0.15) is 25.7 Å². The lowest BCUT2D eigenvalue weighted by molar-refractivity contribution is -0.142. The van der Waals surface area contributed by atoms with E-state index in [4.69, 9.17) is 10.5 Å². The summed E-state index contributed by atoms with van der Waals surface area (Å²) in [7, 11) is 1.70. The first-order valence-corrected chi connectivity index (χ1v) is 6.95. The van der Waals surface area contributed by atoms with Crippen LogP contribution in [0.15, 0.2) is 0 Å². The molecule has 2 rings (SSSR count). The standard InChI is InChI=1S/C13H23N3O3/c1-19-11-4-5-16(10(6-11)7-14)13(18)9-2-3-12(17)15-8-9/h9-11H,2-8,14H2,1H3,(H,15,17). The van der Waals surface area contributed by atoms with E-state index < -0.39 is 0 Å². The maximum Gasteiger partial charge on any atom is 0.227 e. The van der Waals surface area contributed by atoms with Crippen LogP contribution in [0.3, 0.4) is 0 Å². The van der Waals surface area contributed by atoms with Gasteiger partial charge in [0.1, 0.15) is 0 Å². The van der Waals surface area contributed by atoms with E-state index in [0.717, 1.165) is 12.8 Å². The van der Waals surface area contributed by atoms with Gasteiger partial charge in [0.05, 0.1) is 12.0 Å². The van der Waals surface area contributed by atoms with E-state index in [1.165, 1.54) is 0 Å². The molecule has 0 bridgehead atoms. The number of nitrogens with one attached hydrogen (secondary N) is 1. The number of nitrogens with two attached hydrogens (primary N) is 1. The fraction of sp³-hybridized carbons (Fsp3) is 0.846. The highest BCUT2D eigenvalue weighted by Gasteiger charge is 2.35. The summed E-state index contributed by atoms with van der Waals surface area (Å²) in [5, 5.41) is 2.76. The second kappa shape index (κ2) is 6.34. The first-order chi connectivity index (χ1) is 9.15. The Morgan fingerprint density at radius 1 is 1.53 bits per heavy atom. The zero-order valence-electron chi connectivity index (χ0n) is 11.4. The minimum absolute atomic E-state index is 0.0394. The van der Waals surface area contributed by atoms with E-state index in [-0.39, 0.29) is 29.9 Å². The Morgan fingerprint density at radius 3 is 2.89 bits per heavy atom. The number of nitrogens with zero attached hydrogens (tertiary/aromatic N) is 1. The van der Waals surface area contributed by atoms with Crippen LogP contribution in [0.2, 0.25) is 0 Å². The van der Waals surface area contributed by atoms with Gasteiger partial charge in [-0.2, -0.15) is 0 Å². The molecule has 0 aromatic carbocycles. The number of piperidine rings is 2. The molecule has 3 atom stereocenters. The molecule has 2 aliphatic rings. The predicted octanol–water partition coefficient (Wildman–Crippen LogP) is -0.523. The Morgan fingerprint density at radius 2 is 2.32 bits per heavy atom. The Balaban J connectivity index is 1.96. The summed E-state index contributed by atoms with van der Waals surface area (Å²) in [5.41, 5.74) is 5.78. The van der Waals surface area contributed by atoms with Crippen LogP contribution in [0.4, 0.5) is 0 Å². The number of carbonyl (C=O) groups excluding carboxylic acids is 2. The van der Waals surface area contributed by atoms with Gasteiger partial charge in [0, 0.05) is 39.2 Å². The van der Waals surface area contributed by atoms with Crippen molar-refractivity contribution in [3.8, 4) is 0 Å². The molecule has 6 nitrogen and oxygen atoms in total. The fourth-order valence-electron chi connectivity index (χ4n) is 2.92. The third kappa shape index (κ3) is 3.25. The molecule has 2 saturated heterocycles. The van der Waals surface area contributed by atoms with Gasteiger partial charge in [0.25, 0.3) is 0 Å². The van der Waals surface area contributed by atoms with Crippen molar-refractivity contribution in [3.05, 3.63) is 0 Å². The summed E-state index contributed by atoms with van der Waals surface area (Å²) in [6.07, 6.45) is 2.95. The second-order valence-corrected chi connectivity index (χ2v) is 5.34. The number of hydrogen-bond acceptors (Lipinski definition) is 4. The summed E-state index contributed by atoms with van der Waals surface area (Å²) in [6.45, 7) is 1.62. The van der Waals surface area contributed by atoms with Crippen molar-refractivity contribution in [2.45, 2.75) is 37.8 Å². The molecule has 0 saturated carbocycles. The molecule has 0 aromatic rings. The average Bonchev–Trinajstić information content (AvgIpc) is 2.46. The first kappa shape index (κ1) is 14.3. The van der Waals surface area contributed by atoms with Crippen LogP contribution in [-0.4, -0.2) is 55.6 Å². The SMILES string of the molecule is COC1CCN(C(=O)C2CCC(=O)NC2)C(CN)C1. The highest BCUT2D eigenvalue weighted by Crippen LogP contribution is 2.23. The third-order valence-electron chi connectivity index (χ3n) is 4.17. The maximum absolute atomic E-state index is 12.5. The molecule has 6 heteroatoms. The van der Waals surface area contributed by atoms with Gasteiger partial charge in [-0.1, -0.05) is 0 Å². The van der Waals surface area contributed by atoms with Crippen LogP contribution < -0.4 is 11.1 Å². The maximum atomic E-state index is 12.5. The summed E-state index contributed by atoms with van der Waals surface area (Å²) >= 11 is 0. The first-order valence-electron chi connectivity index (χ1n) is 6.95. The average molecular weight is 269 g/mol. The molecule has 19 heavy (non-hydrogen) atoms. The number of carbonyl (C=O) groups is 2. The number of methoxy groups -OCH3 is 1. The molecule has 0 spiro atoms. The van der Waals surface area contributed by atoms with Crippen LogP contribution in [0.25, 0.3) is 0 Å². The predicted molar refractivity (Wildman–Crippen MR) is 70.3 cm³/mol. The van der Waals surface area contributed by atoms with Crippen LogP contribution in [0.5, 0.6) is 0 Å². The van der Waals surface area contributed by atoms with E-state index in [9.17, 15) is 9.59 Å². The molecule has 0 aromatic heterocycles. The van der Waals surface area contributed by atoms with Gasteiger partial charge >= 0.3 is 0 Å². The van der Waals surface area contributed by atoms with Crippen molar-refractivity contribution >= 4 is 11.8 Å². The van der Waals surface area contributed by atoms with E-state index in [1.54, 1.807) is 7.11 Å². The number of amides is 2. The normalized spacial score (nSPS) is 32.0. The summed E-state index contributed by atoms with van der Waals surface area (Å²) in [6, 6.07) is 0.0591. The zero-order chi connectivity index (χ0) is 13.8. The molecule has 0 aliphatic carbocycles. The van der Waals surface area contributed by atoms with Gasteiger partial charge in [-0.25, -0.2) is 0 Å². The van der Waals surface area contributed by atoms with Gasteiger partial charge in [0.15, 0.2) is 0 Å². The van der Waals surface area contributed by atoms with Crippen molar-refractivity contribution in [1.82, 2.24) is 10.2 Å². The smallest absolute Gasteiger partial charge is 0.227 e. The zero-order valence-corrected chi connectivity index (χ0v) is 11.4. The van der Waals surface area contributed by atoms with Crippen LogP contribution in [-0.2, 0) is 14.3 Å². The monoisotopic (exact) mass is 269 g/mol. The lowest BCUT2D eigenvalue weighted by Crippen LogP contribution is -2.54. The van der Waals surface area contributed by atoms with Gasteiger partial charge in [0.2, 0.25) is 11.8 Å². The fourth-order valence-corrected chi connectivity index (χ4v) is 2.92. The summed E-state index contributed by atoms with van der Waals surface area (Å²) < 4.78 is 5.36. The van der Waals surface area contributed by atoms with Crippen molar-refractivity contribution in [2.75, 3.05) is 26.7 Å². The van der Waals surface area contributed by atoms with Crippen LogP contribution >= 0.6 is 0 Å². The van der Waals surface area contributed by atoms with Crippen molar-refractivity contribution < 1.29 is 14.3 Å². The Bertz CT molecular complexity index is 338. The van der Waals surface area contributed by atoms with E-state index >= 15 is 0 Å². The molecule has 0 radical (unpaired) electrons. The molecule has 3 N–H and O–H groups in total. The Kier molecular flexibility index (Phi) is 4.76. The largest absolute Gasteiger partial charge is 0.381 e. The van der Waals surface area contributed by atoms with Crippen LogP contribution in [0, 0.1) is 5.92 Å². The lowest BCUT2D eigenvalue weighted by atomic mass is 9.93. The highest BCUT2D eigenvalue weighted by molar-refractivity contribution is 5.84. The minimum Gasteiger partial charge on any atom is -0.381 e. The van der Waals surface area contributed by atoms with Gasteiger partial charge in [-0.05, 0) is 19.3 Å². The van der Waals surface area contributed by atoms with E-state index in [0.29, 0.717) is 32.5 Å². The molecule has 2 amide bonds. The molecule has 3 unspecified atom stereocenters. The Hall–Kier alpha value is -1.14. The number of ether oxygens (including phenoxy) is 1. The van der Waals surface area contributed by atoms with Crippen molar-refractivity contribution in [1.29, 1.82) is 0 Å². The number of rotatable bonds is 3. The van der Waals surface area contributed by atoms with Gasteiger partial charge < -0.3 is 20.7 Å². The van der Waals surface area contributed by atoms with Gasteiger partial charge in [-0.15, -0.1) is 0 Å². The molecule has 2 fully saturated rings. The molecule has 2 heterocycles. The second-order valence-electron chi connectivity index (χ2n) is 5.34. The summed E-state index contributed by atoms with van der Waals surface area (Å²) in [4.78, 5) is 25.5. The van der Waals surface area contributed by atoms with Gasteiger partial charge in [-0.3, -0.25) is 9.59 Å². The quantitative estimate of drug-likeness (QED) is 0.722. The molecule has 2 aliphatic heterocycles. The summed E-state index contributed by atoms with van der Waals surface area (Å²) in [5.74, 6) is 0.0772. The Labute approximate surface area is 113 Å².